The molecule has 2 aromatic heterocycles. The number of aromatic hydroxyl groups is 1. The molecule has 4 nitrogen and oxygen atoms in total. The Balaban J connectivity index is 1.64. The van der Waals surface area contributed by atoms with Crippen molar-refractivity contribution in [1.82, 2.24) is 9.97 Å². The van der Waals surface area contributed by atoms with E-state index >= 15 is 0 Å². The molecule has 2 heterocycles. The van der Waals surface area contributed by atoms with E-state index in [9.17, 15) is 5.11 Å². The Kier molecular flexibility index (Phi) is 2.82. The maximum absolute atomic E-state index is 9.58. The van der Waals surface area contributed by atoms with Crippen molar-refractivity contribution in [3.05, 3.63) is 46.6 Å². The number of nitrogens with zero attached hydrogens (tertiary/aromatic N) is 2. The van der Waals surface area contributed by atoms with Crippen LogP contribution in [0.15, 0.2) is 29.9 Å². The Bertz CT molecular complexity index is 828. The van der Waals surface area contributed by atoms with Gasteiger partial charge in [-0.25, -0.2) is 9.97 Å². The number of hydrogen-bond acceptors (Lipinski definition) is 5. The molecule has 5 heteroatoms. The normalized spacial score (nSPS) is 17.1. The van der Waals surface area contributed by atoms with Gasteiger partial charge in [0.25, 0.3) is 0 Å². The molecule has 4 rings (SSSR count). The molecular formula is C16H15N3OS. The number of benzene rings is 1. The molecule has 1 unspecified atom stereocenters. The Morgan fingerprint density at radius 3 is 3.00 bits per heavy atom. The summed E-state index contributed by atoms with van der Waals surface area (Å²) in [4.78, 5) is 9.77. The van der Waals surface area contributed by atoms with E-state index < -0.39 is 0 Å². The number of aryl methyl sites for hydroxylation is 1. The van der Waals surface area contributed by atoms with Gasteiger partial charge in [-0.1, -0.05) is 6.07 Å². The summed E-state index contributed by atoms with van der Waals surface area (Å²) in [5.41, 5.74) is 3.74. The van der Waals surface area contributed by atoms with E-state index in [4.69, 9.17) is 0 Å². The van der Waals surface area contributed by atoms with Crippen molar-refractivity contribution in [1.29, 1.82) is 0 Å². The summed E-state index contributed by atoms with van der Waals surface area (Å²) in [6.45, 7) is 2.09. The molecule has 0 amide bonds. The van der Waals surface area contributed by atoms with Crippen LogP contribution in [-0.4, -0.2) is 21.1 Å². The van der Waals surface area contributed by atoms with Crippen molar-refractivity contribution in [3.8, 4) is 5.75 Å². The average molecular weight is 297 g/mol. The topological polar surface area (TPSA) is 58.0 Å². The van der Waals surface area contributed by atoms with Crippen LogP contribution in [0.2, 0.25) is 0 Å². The molecule has 1 aliphatic rings. The number of aromatic nitrogens is 2. The zero-order valence-corrected chi connectivity index (χ0v) is 12.4. The summed E-state index contributed by atoms with van der Waals surface area (Å²) in [6, 6.07) is 5.95. The van der Waals surface area contributed by atoms with E-state index in [0.29, 0.717) is 11.8 Å². The zero-order valence-electron chi connectivity index (χ0n) is 11.6. The molecular weight excluding hydrogens is 282 g/mol. The molecule has 0 radical (unpaired) electrons. The van der Waals surface area contributed by atoms with Gasteiger partial charge in [0.1, 0.15) is 22.7 Å². The number of hydrogen-bond donors (Lipinski definition) is 2. The van der Waals surface area contributed by atoms with Gasteiger partial charge >= 0.3 is 0 Å². The van der Waals surface area contributed by atoms with Crippen molar-refractivity contribution in [2.45, 2.75) is 25.8 Å². The summed E-state index contributed by atoms with van der Waals surface area (Å²) in [5, 5.41) is 16.4. The van der Waals surface area contributed by atoms with Crippen LogP contribution >= 0.6 is 11.3 Å². The van der Waals surface area contributed by atoms with Crippen molar-refractivity contribution >= 4 is 27.4 Å². The third-order valence-corrected chi connectivity index (χ3v) is 5.02. The number of thiophene rings is 1. The number of rotatable bonds is 2. The van der Waals surface area contributed by atoms with Crippen LogP contribution in [0.5, 0.6) is 5.75 Å². The van der Waals surface area contributed by atoms with Gasteiger partial charge in [0, 0.05) is 6.04 Å². The summed E-state index contributed by atoms with van der Waals surface area (Å²) < 4.78 is 0. The van der Waals surface area contributed by atoms with Crippen LogP contribution in [0.1, 0.15) is 16.7 Å². The predicted molar refractivity (Wildman–Crippen MR) is 85.1 cm³/mol. The van der Waals surface area contributed by atoms with E-state index in [1.807, 2.05) is 12.1 Å². The number of anilines is 1. The second-order valence-corrected chi connectivity index (χ2v) is 6.38. The van der Waals surface area contributed by atoms with Crippen molar-refractivity contribution < 1.29 is 5.11 Å². The highest BCUT2D eigenvalue weighted by atomic mass is 32.1. The van der Waals surface area contributed by atoms with E-state index in [0.717, 1.165) is 28.9 Å². The molecule has 1 aromatic carbocycles. The van der Waals surface area contributed by atoms with E-state index in [1.165, 1.54) is 16.7 Å². The molecule has 0 bridgehead atoms. The molecule has 0 fully saturated rings. The fourth-order valence-corrected chi connectivity index (χ4v) is 3.92. The Morgan fingerprint density at radius 2 is 2.10 bits per heavy atom. The first-order chi connectivity index (χ1) is 10.2. The standard InChI is InChI=1S/C16H15N3OS/c1-9-7-21-16-14(9)15(17-8-18-16)19-12-4-10-2-3-13(20)6-11(10)5-12/h2-3,6-8,12,20H,4-5H2,1H3,(H,17,18,19). The first-order valence-electron chi connectivity index (χ1n) is 6.97. The Morgan fingerprint density at radius 1 is 1.24 bits per heavy atom. The molecule has 2 N–H and O–H groups in total. The van der Waals surface area contributed by atoms with Crippen LogP contribution in [0.25, 0.3) is 10.2 Å². The van der Waals surface area contributed by atoms with Gasteiger partial charge in [-0.05, 0) is 54.0 Å². The highest BCUT2D eigenvalue weighted by Crippen LogP contribution is 2.31. The van der Waals surface area contributed by atoms with Crippen molar-refractivity contribution in [2.24, 2.45) is 0 Å². The first kappa shape index (κ1) is 12.6. The lowest BCUT2D eigenvalue weighted by atomic mass is 10.1. The van der Waals surface area contributed by atoms with E-state index in [-0.39, 0.29) is 0 Å². The maximum atomic E-state index is 9.58. The first-order valence-corrected chi connectivity index (χ1v) is 7.85. The van der Waals surface area contributed by atoms with Gasteiger partial charge in [-0.3, -0.25) is 0 Å². The number of phenolic OH excluding ortho intramolecular Hbond substituents is 1. The summed E-state index contributed by atoms with van der Waals surface area (Å²) in [5.74, 6) is 1.26. The van der Waals surface area contributed by atoms with Gasteiger partial charge in [0.2, 0.25) is 0 Å². The molecule has 0 saturated heterocycles. The fraction of sp³-hybridized carbons (Fsp3) is 0.250. The molecule has 0 aliphatic heterocycles. The smallest absolute Gasteiger partial charge is 0.138 e. The van der Waals surface area contributed by atoms with Crippen LogP contribution in [0.3, 0.4) is 0 Å². The summed E-state index contributed by atoms with van der Waals surface area (Å²) >= 11 is 1.65. The summed E-state index contributed by atoms with van der Waals surface area (Å²) in [6.07, 6.45) is 3.50. The lowest BCUT2D eigenvalue weighted by Gasteiger charge is -2.13. The van der Waals surface area contributed by atoms with Gasteiger partial charge in [-0.15, -0.1) is 11.3 Å². The minimum Gasteiger partial charge on any atom is -0.508 e. The molecule has 1 aliphatic carbocycles. The Labute approximate surface area is 126 Å². The van der Waals surface area contributed by atoms with Crippen molar-refractivity contribution in [3.63, 3.8) is 0 Å². The van der Waals surface area contributed by atoms with Gasteiger partial charge < -0.3 is 10.4 Å². The lowest BCUT2D eigenvalue weighted by Crippen LogP contribution is -2.20. The highest BCUT2D eigenvalue weighted by Gasteiger charge is 2.23. The van der Waals surface area contributed by atoms with E-state index in [2.05, 4.69) is 27.6 Å². The minimum atomic E-state index is 0.319. The third-order valence-electron chi connectivity index (χ3n) is 4.02. The van der Waals surface area contributed by atoms with Crippen LogP contribution in [0, 0.1) is 6.92 Å². The SMILES string of the molecule is Cc1csc2ncnc(NC3Cc4ccc(O)cc4C3)c12. The average Bonchev–Trinajstić information content (AvgIpc) is 3.03. The number of phenols is 1. The molecule has 0 spiro atoms. The van der Waals surface area contributed by atoms with Crippen LogP contribution < -0.4 is 5.32 Å². The fourth-order valence-electron chi connectivity index (χ4n) is 3.03. The quantitative estimate of drug-likeness (QED) is 0.762. The predicted octanol–water partition coefficient (Wildman–Crippen LogP) is 3.28. The van der Waals surface area contributed by atoms with Gasteiger partial charge in [0.05, 0.1) is 5.39 Å². The zero-order chi connectivity index (χ0) is 14.4. The van der Waals surface area contributed by atoms with E-state index in [1.54, 1.807) is 23.7 Å². The monoisotopic (exact) mass is 297 g/mol. The molecule has 1 atom stereocenters. The largest absolute Gasteiger partial charge is 0.508 e. The third kappa shape index (κ3) is 2.14. The molecule has 3 aromatic rings. The van der Waals surface area contributed by atoms with Crippen LogP contribution in [0.4, 0.5) is 5.82 Å². The molecule has 106 valence electrons. The maximum Gasteiger partial charge on any atom is 0.138 e. The van der Waals surface area contributed by atoms with Gasteiger partial charge in [-0.2, -0.15) is 0 Å². The Hall–Kier alpha value is -2.14. The highest BCUT2D eigenvalue weighted by molar-refractivity contribution is 7.17. The number of nitrogens with one attached hydrogen (secondary N) is 1. The lowest BCUT2D eigenvalue weighted by molar-refractivity contribution is 0.474. The van der Waals surface area contributed by atoms with Gasteiger partial charge in [0.15, 0.2) is 0 Å². The minimum absolute atomic E-state index is 0.319. The molecule has 21 heavy (non-hydrogen) atoms. The number of fused-ring (bicyclic) bond motifs is 2. The molecule has 0 saturated carbocycles. The summed E-state index contributed by atoms with van der Waals surface area (Å²) in [7, 11) is 0. The second kappa shape index (κ2) is 4.70. The van der Waals surface area contributed by atoms with Crippen LogP contribution in [-0.2, 0) is 12.8 Å². The van der Waals surface area contributed by atoms with Crippen molar-refractivity contribution in [2.75, 3.05) is 5.32 Å². The second-order valence-electron chi connectivity index (χ2n) is 5.52.